The zero-order valence-electron chi connectivity index (χ0n) is 21.3. The van der Waals surface area contributed by atoms with Crippen LogP contribution >= 0.6 is 11.3 Å². The van der Waals surface area contributed by atoms with Crippen molar-refractivity contribution >= 4 is 54.1 Å². The van der Waals surface area contributed by atoms with Crippen LogP contribution in [-0.2, 0) is 11.8 Å². The van der Waals surface area contributed by atoms with Crippen molar-refractivity contribution in [3.63, 3.8) is 0 Å². The molecule has 6 rings (SSSR count). The van der Waals surface area contributed by atoms with E-state index in [0.717, 1.165) is 34.2 Å². The van der Waals surface area contributed by atoms with Crippen molar-refractivity contribution < 1.29 is 4.42 Å². The first kappa shape index (κ1) is 22.3. The number of aromatic nitrogens is 1. The molecule has 0 amide bonds. The van der Waals surface area contributed by atoms with E-state index >= 15 is 0 Å². The first-order valence-corrected chi connectivity index (χ1v) is 13.3. The lowest BCUT2D eigenvalue weighted by atomic mass is 9.82. The SMILES string of the molecule is Cc1sc2c(ccc3oc4c(-c5cc(C(C)(C)C)c6ccccc6c5)nccc4c32)c1CC(C)C. The summed E-state index contributed by atoms with van der Waals surface area (Å²) in [6.07, 6.45) is 3.04. The van der Waals surface area contributed by atoms with Crippen LogP contribution in [0.2, 0.25) is 0 Å². The van der Waals surface area contributed by atoms with Crippen molar-refractivity contribution in [1.29, 1.82) is 0 Å². The molecule has 0 fully saturated rings. The number of pyridine rings is 1. The van der Waals surface area contributed by atoms with E-state index in [0.29, 0.717) is 5.92 Å². The first-order valence-electron chi connectivity index (χ1n) is 12.5. The predicted octanol–water partition coefficient (Wildman–Crippen LogP) is 9.82. The van der Waals surface area contributed by atoms with Gasteiger partial charge in [-0.2, -0.15) is 0 Å². The average molecular weight is 478 g/mol. The Morgan fingerprint density at radius 1 is 0.943 bits per heavy atom. The number of nitrogens with zero attached hydrogens (tertiary/aromatic N) is 1. The summed E-state index contributed by atoms with van der Waals surface area (Å²) in [5, 5.41) is 6.28. The van der Waals surface area contributed by atoms with Crippen molar-refractivity contribution in [3.8, 4) is 11.3 Å². The molecule has 3 aromatic heterocycles. The summed E-state index contributed by atoms with van der Waals surface area (Å²) in [4.78, 5) is 6.27. The van der Waals surface area contributed by atoms with Crippen LogP contribution in [0.4, 0.5) is 0 Å². The van der Waals surface area contributed by atoms with Gasteiger partial charge in [-0.25, -0.2) is 0 Å². The monoisotopic (exact) mass is 477 g/mol. The van der Waals surface area contributed by atoms with Gasteiger partial charge in [0.2, 0.25) is 0 Å². The van der Waals surface area contributed by atoms with E-state index in [-0.39, 0.29) is 5.41 Å². The van der Waals surface area contributed by atoms with E-state index in [4.69, 9.17) is 9.40 Å². The molecule has 0 aliphatic rings. The smallest absolute Gasteiger partial charge is 0.161 e. The van der Waals surface area contributed by atoms with Crippen molar-refractivity contribution in [3.05, 3.63) is 76.8 Å². The molecule has 3 aromatic carbocycles. The van der Waals surface area contributed by atoms with E-state index in [1.807, 2.05) is 17.5 Å². The normalized spacial score (nSPS) is 12.7. The number of furan rings is 1. The van der Waals surface area contributed by atoms with E-state index in [2.05, 4.69) is 96.1 Å². The molecule has 0 saturated heterocycles. The summed E-state index contributed by atoms with van der Waals surface area (Å²) in [5.41, 5.74) is 6.67. The van der Waals surface area contributed by atoms with Crippen LogP contribution in [0.25, 0.3) is 54.1 Å². The molecule has 35 heavy (non-hydrogen) atoms. The Morgan fingerprint density at radius 3 is 2.51 bits per heavy atom. The quantitative estimate of drug-likeness (QED) is 0.253. The molecule has 0 atom stereocenters. The number of benzene rings is 3. The van der Waals surface area contributed by atoms with E-state index < -0.39 is 0 Å². The molecule has 0 aliphatic carbocycles. The highest BCUT2D eigenvalue weighted by Gasteiger charge is 2.22. The predicted molar refractivity (Wildman–Crippen MR) is 152 cm³/mol. The minimum absolute atomic E-state index is 0.0187. The lowest BCUT2D eigenvalue weighted by Crippen LogP contribution is -2.12. The molecule has 0 radical (unpaired) electrons. The molecule has 0 unspecified atom stereocenters. The largest absolute Gasteiger partial charge is 0.454 e. The van der Waals surface area contributed by atoms with Gasteiger partial charge in [-0.15, -0.1) is 11.3 Å². The van der Waals surface area contributed by atoms with Gasteiger partial charge < -0.3 is 4.42 Å². The number of hydrogen-bond acceptors (Lipinski definition) is 3. The van der Waals surface area contributed by atoms with Crippen LogP contribution in [0.1, 0.15) is 50.6 Å². The minimum atomic E-state index is 0.0187. The summed E-state index contributed by atoms with van der Waals surface area (Å²) in [7, 11) is 0. The van der Waals surface area contributed by atoms with E-state index in [1.54, 1.807) is 0 Å². The third kappa shape index (κ3) is 3.56. The molecule has 0 N–H and O–H groups in total. The van der Waals surface area contributed by atoms with Gasteiger partial charge in [0, 0.05) is 32.1 Å². The molecule has 3 heteroatoms. The van der Waals surface area contributed by atoms with Crippen molar-refractivity contribution in [1.82, 2.24) is 4.98 Å². The van der Waals surface area contributed by atoms with Gasteiger partial charge in [0.15, 0.2) is 5.58 Å². The first-order chi connectivity index (χ1) is 16.7. The highest BCUT2D eigenvalue weighted by Crippen LogP contribution is 2.44. The number of rotatable bonds is 3. The molecule has 0 saturated carbocycles. The van der Waals surface area contributed by atoms with Gasteiger partial charge in [0.1, 0.15) is 11.3 Å². The second-order valence-corrected chi connectivity index (χ2v) is 12.4. The van der Waals surface area contributed by atoms with Crippen LogP contribution in [0.5, 0.6) is 0 Å². The topological polar surface area (TPSA) is 26.0 Å². The molecular weight excluding hydrogens is 446 g/mol. The Kier molecular flexibility index (Phi) is 5.05. The molecule has 0 aliphatic heterocycles. The highest BCUT2D eigenvalue weighted by molar-refractivity contribution is 7.20. The standard InChI is InChI=1S/C32H31NOS/c1-18(2)15-25-19(3)35-31-23(25)11-12-27-28(31)24-13-14-33-29(30(24)34-27)21-16-20-9-7-8-10-22(20)26(17-21)32(4,5)6/h7-14,16-18H,15H2,1-6H3. The number of aryl methyl sites for hydroxylation is 1. The maximum Gasteiger partial charge on any atom is 0.161 e. The Bertz CT molecular complexity index is 1740. The Hall–Kier alpha value is -3.17. The Morgan fingerprint density at radius 2 is 1.74 bits per heavy atom. The number of thiophene rings is 1. The van der Waals surface area contributed by atoms with Crippen LogP contribution in [0.3, 0.4) is 0 Å². The van der Waals surface area contributed by atoms with E-state index in [9.17, 15) is 0 Å². The minimum Gasteiger partial charge on any atom is -0.454 e. The van der Waals surface area contributed by atoms with Gasteiger partial charge in [-0.1, -0.05) is 58.9 Å². The van der Waals surface area contributed by atoms with Gasteiger partial charge in [-0.3, -0.25) is 4.98 Å². The fraction of sp³-hybridized carbons (Fsp3) is 0.281. The summed E-state index contributed by atoms with van der Waals surface area (Å²) >= 11 is 1.90. The fourth-order valence-corrected chi connectivity index (χ4v) is 6.68. The maximum atomic E-state index is 6.56. The zero-order valence-corrected chi connectivity index (χ0v) is 22.1. The zero-order chi connectivity index (χ0) is 24.5. The molecule has 6 aromatic rings. The summed E-state index contributed by atoms with van der Waals surface area (Å²) < 4.78 is 7.89. The average Bonchev–Trinajstić information content (AvgIpc) is 3.34. The van der Waals surface area contributed by atoms with Crippen molar-refractivity contribution in [2.24, 2.45) is 5.92 Å². The molecule has 0 spiro atoms. The third-order valence-electron chi connectivity index (χ3n) is 7.07. The van der Waals surface area contributed by atoms with Crippen LogP contribution in [0, 0.1) is 12.8 Å². The summed E-state index contributed by atoms with van der Waals surface area (Å²) in [6, 6.07) is 19.7. The van der Waals surface area contributed by atoms with Crippen molar-refractivity contribution in [2.45, 2.75) is 53.4 Å². The van der Waals surface area contributed by atoms with Crippen LogP contribution in [-0.4, -0.2) is 4.98 Å². The van der Waals surface area contributed by atoms with Crippen LogP contribution < -0.4 is 0 Å². The summed E-state index contributed by atoms with van der Waals surface area (Å²) in [5.74, 6) is 0.629. The maximum absolute atomic E-state index is 6.56. The van der Waals surface area contributed by atoms with E-state index in [1.165, 1.54) is 42.2 Å². The third-order valence-corrected chi connectivity index (χ3v) is 8.25. The lowest BCUT2D eigenvalue weighted by molar-refractivity contribution is 0.596. The molecule has 0 bridgehead atoms. The highest BCUT2D eigenvalue weighted by atomic mass is 32.1. The second-order valence-electron chi connectivity index (χ2n) is 11.2. The summed E-state index contributed by atoms with van der Waals surface area (Å²) in [6.45, 7) is 13.7. The lowest BCUT2D eigenvalue weighted by Gasteiger charge is -2.22. The Balaban J connectivity index is 1.65. The second kappa shape index (κ2) is 7.93. The molecule has 176 valence electrons. The van der Waals surface area contributed by atoms with Gasteiger partial charge in [0.05, 0.1) is 0 Å². The Labute approximate surface area is 210 Å². The molecular formula is C32H31NOS. The number of hydrogen-bond donors (Lipinski definition) is 0. The molecule has 3 heterocycles. The van der Waals surface area contributed by atoms with Crippen LogP contribution in [0.15, 0.2) is 65.2 Å². The molecule has 2 nitrogen and oxygen atoms in total. The fourth-order valence-electron chi connectivity index (χ4n) is 5.45. The van der Waals surface area contributed by atoms with Gasteiger partial charge in [-0.05, 0) is 82.3 Å². The number of fused-ring (bicyclic) bond motifs is 6. The van der Waals surface area contributed by atoms with Gasteiger partial charge >= 0.3 is 0 Å². The van der Waals surface area contributed by atoms with Crippen molar-refractivity contribution in [2.75, 3.05) is 0 Å². The van der Waals surface area contributed by atoms with Gasteiger partial charge in [0.25, 0.3) is 0 Å².